The Morgan fingerprint density at radius 1 is 1.46 bits per heavy atom. The van der Waals surface area contributed by atoms with Gasteiger partial charge in [-0.25, -0.2) is 0 Å². The van der Waals surface area contributed by atoms with Crippen molar-refractivity contribution in [2.24, 2.45) is 0 Å². The van der Waals surface area contributed by atoms with Gasteiger partial charge in [0.05, 0.1) is 15.8 Å². The molecule has 0 saturated carbocycles. The number of rotatable bonds is 1. The van der Waals surface area contributed by atoms with Crippen molar-refractivity contribution in [2.75, 3.05) is 0 Å². The third kappa shape index (κ3) is 1.35. The Balaban J connectivity index is 2.83. The molecule has 0 aliphatic rings. The Bertz CT molecular complexity index is 450. The number of halogens is 1. The molecule has 13 heavy (non-hydrogen) atoms. The van der Waals surface area contributed by atoms with E-state index >= 15 is 0 Å². The third-order valence-electron chi connectivity index (χ3n) is 1.90. The van der Waals surface area contributed by atoms with Crippen LogP contribution in [0.5, 0.6) is 5.75 Å². The number of phenolic OH excluding ortho intramolecular Hbond substituents is 1. The zero-order chi connectivity index (χ0) is 9.42. The number of aliphatic hydroxyl groups excluding tert-OH is 1. The summed E-state index contributed by atoms with van der Waals surface area (Å²) in [6.07, 6.45) is 0. The van der Waals surface area contributed by atoms with Gasteiger partial charge in [0.25, 0.3) is 0 Å². The highest BCUT2D eigenvalue weighted by molar-refractivity contribution is 9.10. The number of thiophene rings is 1. The minimum Gasteiger partial charge on any atom is -0.505 e. The first-order chi connectivity index (χ1) is 6.24. The molecule has 4 heteroatoms. The molecule has 0 aliphatic heterocycles. The first kappa shape index (κ1) is 8.99. The Kier molecular flexibility index (Phi) is 2.27. The Morgan fingerprint density at radius 2 is 2.23 bits per heavy atom. The summed E-state index contributed by atoms with van der Waals surface area (Å²) in [5, 5.41) is 21.6. The molecule has 0 aliphatic carbocycles. The van der Waals surface area contributed by atoms with Crippen LogP contribution in [0, 0.1) is 0 Å². The fraction of sp³-hybridized carbons (Fsp3) is 0.111. The van der Waals surface area contributed by atoms with Crippen molar-refractivity contribution in [3.05, 3.63) is 27.5 Å². The second-order valence-corrected chi connectivity index (χ2v) is 4.40. The standard InChI is InChI=1S/C9H7BrO2S/c10-7-6(4-11)3-5-1-2-13-9(5)8(7)12/h1-3,11-12H,4H2. The molecule has 0 fully saturated rings. The molecule has 2 nitrogen and oxygen atoms in total. The highest BCUT2D eigenvalue weighted by Gasteiger charge is 2.10. The normalized spacial score (nSPS) is 10.9. The first-order valence-electron chi connectivity index (χ1n) is 3.72. The molecular weight excluding hydrogens is 252 g/mol. The highest BCUT2D eigenvalue weighted by Crippen LogP contribution is 2.38. The minimum absolute atomic E-state index is 0.0695. The average Bonchev–Trinajstić information content (AvgIpc) is 2.59. The summed E-state index contributed by atoms with van der Waals surface area (Å²) in [5.41, 5.74) is 0.711. The lowest BCUT2D eigenvalue weighted by molar-refractivity contribution is 0.280. The van der Waals surface area contributed by atoms with Crippen molar-refractivity contribution < 1.29 is 10.2 Å². The fourth-order valence-corrected chi connectivity index (χ4v) is 2.64. The summed E-state index contributed by atoms with van der Waals surface area (Å²) in [4.78, 5) is 0. The van der Waals surface area contributed by atoms with Gasteiger partial charge in [0, 0.05) is 0 Å². The number of phenols is 1. The first-order valence-corrected chi connectivity index (χ1v) is 5.39. The van der Waals surface area contributed by atoms with E-state index in [2.05, 4.69) is 15.9 Å². The largest absolute Gasteiger partial charge is 0.505 e. The van der Waals surface area contributed by atoms with Crippen molar-refractivity contribution in [1.82, 2.24) is 0 Å². The molecule has 0 spiro atoms. The van der Waals surface area contributed by atoms with Gasteiger partial charge < -0.3 is 10.2 Å². The molecule has 68 valence electrons. The van der Waals surface area contributed by atoms with Crippen molar-refractivity contribution in [3.63, 3.8) is 0 Å². The van der Waals surface area contributed by atoms with E-state index in [1.54, 1.807) is 0 Å². The summed E-state index contributed by atoms with van der Waals surface area (Å²) in [6.45, 7) is -0.0695. The lowest BCUT2D eigenvalue weighted by atomic mass is 10.1. The van der Waals surface area contributed by atoms with E-state index in [-0.39, 0.29) is 12.4 Å². The van der Waals surface area contributed by atoms with Crippen LogP contribution in [0.3, 0.4) is 0 Å². The molecular formula is C9H7BrO2S. The molecule has 0 atom stereocenters. The lowest BCUT2D eigenvalue weighted by Crippen LogP contribution is -1.85. The van der Waals surface area contributed by atoms with Crippen LogP contribution < -0.4 is 0 Å². The maximum atomic E-state index is 9.71. The van der Waals surface area contributed by atoms with Gasteiger partial charge in [-0.2, -0.15) is 0 Å². The summed E-state index contributed by atoms with van der Waals surface area (Å²) in [6, 6.07) is 3.79. The topological polar surface area (TPSA) is 40.5 Å². The molecule has 0 saturated heterocycles. The number of hydrogen-bond acceptors (Lipinski definition) is 3. The second kappa shape index (κ2) is 3.29. The van der Waals surface area contributed by atoms with Gasteiger partial charge in [-0.1, -0.05) is 0 Å². The highest BCUT2D eigenvalue weighted by atomic mass is 79.9. The fourth-order valence-electron chi connectivity index (χ4n) is 1.24. The van der Waals surface area contributed by atoms with Crippen molar-refractivity contribution >= 4 is 37.4 Å². The number of fused-ring (bicyclic) bond motifs is 1. The maximum absolute atomic E-state index is 9.71. The minimum atomic E-state index is -0.0695. The average molecular weight is 259 g/mol. The predicted molar refractivity (Wildman–Crippen MR) is 57.1 cm³/mol. The molecule has 2 N–H and O–H groups in total. The molecule has 2 aromatic rings. The predicted octanol–water partition coefficient (Wildman–Crippen LogP) is 2.86. The summed E-state index contributed by atoms with van der Waals surface area (Å²) < 4.78 is 1.44. The van der Waals surface area contributed by atoms with E-state index in [0.717, 1.165) is 10.1 Å². The van der Waals surface area contributed by atoms with Gasteiger partial charge in [0.2, 0.25) is 0 Å². The number of aromatic hydroxyl groups is 1. The SMILES string of the molecule is OCc1cc2ccsc2c(O)c1Br. The monoisotopic (exact) mass is 258 g/mol. The summed E-state index contributed by atoms with van der Waals surface area (Å²) in [5.74, 6) is 0.219. The van der Waals surface area contributed by atoms with Crippen LogP contribution in [0.4, 0.5) is 0 Å². The summed E-state index contributed by atoms with van der Waals surface area (Å²) in [7, 11) is 0. The Labute approximate surface area is 87.6 Å². The lowest BCUT2D eigenvalue weighted by Gasteiger charge is -2.04. The van der Waals surface area contributed by atoms with E-state index in [9.17, 15) is 5.11 Å². The van der Waals surface area contributed by atoms with E-state index in [1.807, 2.05) is 17.5 Å². The van der Waals surface area contributed by atoms with Crippen molar-refractivity contribution in [3.8, 4) is 5.75 Å². The van der Waals surface area contributed by atoms with Crippen molar-refractivity contribution in [1.29, 1.82) is 0 Å². The van der Waals surface area contributed by atoms with E-state index in [1.165, 1.54) is 11.3 Å². The van der Waals surface area contributed by atoms with Crippen LogP contribution in [0.2, 0.25) is 0 Å². The summed E-state index contributed by atoms with van der Waals surface area (Å²) >= 11 is 4.73. The molecule has 0 unspecified atom stereocenters. The van der Waals surface area contributed by atoms with Crippen molar-refractivity contribution in [2.45, 2.75) is 6.61 Å². The third-order valence-corrected chi connectivity index (χ3v) is 3.72. The number of benzene rings is 1. The van der Waals surface area contributed by atoms with Gasteiger partial charge in [-0.3, -0.25) is 0 Å². The van der Waals surface area contributed by atoms with Gasteiger partial charge >= 0.3 is 0 Å². The smallest absolute Gasteiger partial charge is 0.147 e. The Morgan fingerprint density at radius 3 is 2.92 bits per heavy atom. The van der Waals surface area contributed by atoms with Crippen LogP contribution in [0.25, 0.3) is 10.1 Å². The van der Waals surface area contributed by atoms with Gasteiger partial charge in [0.1, 0.15) is 5.75 Å². The molecule has 0 bridgehead atoms. The van der Waals surface area contributed by atoms with Gasteiger partial charge in [-0.05, 0) is 44.4 Å². The second-order valence-electron chi connectivity index (χ2n) is 2.70. The molecule has 1 heterocycles. The molecule has 0 radical (unpaired) electrons. The number of hydrogen-bond donors (Lipinski definition) is 2. The molecule has 1 aromatic carbocycles. The zero-order valence-electron chi connectivity index (χ0n) is 6.62. The van der Waals surface area contributed by atoms with Crippen LogP contribution in [-0.2, 0) is 6.61 Å². The van der Waals surface area contributed by atoms with Gasteiger partial charge in [0.15, 0.2) is 0 Å². The van der Waals surface area contributed by atoms with Crippen LogP contribution in [0.1, 0.15) is 5.56 Å². The quantitative estimate of drug-likeness (QED) is 0.826. The molecule has 1 aromatic heterocycles. The van der Waals surface area contributed by atoms with Crippen LogP contribution >= 0.6 is 27.3 Å². The van der Waals surface area contributed by atoms with E-state index in [4.69, 9.17) is 5.11 Å². The maximum Gasteiger partial charge on any atom is 0.147 e. The van der Waals surface area contributed by atoms with E-state index in [0.29, 0.717) is 10.0 Å². The Hall–Kier alpha value is -0.580. The molecule has 2 rings (SSSR count). The van der Waals surface area contributed by atoms with Crippen LogP contribution in [-0.4, -0.2) is 10.2 Å². The molecule has 0 amide bonds. The zero-order valence-corrected chi connectivity index (χ0v) is 9.02. The number of aliphatic hydroxyl groups is 1. The van der Waals surface area contributed by atoms with Crippen LogP contribution in [0.15, 0.2) is 22.0 Å². The van der Waals surface area contributed by atoms with E-state index < -0.39 is 0 Å². The van der Waals surface area contributed by atoms with Gasteiger partial charge in [-0.15, -0.1) is 11.3 Å².